The summed E-state index contributed by atoms with van der Waals surface area (Å²) in [6, 6.07) is 1.61. The molecule has 16 heavy (non-hydrogen) atoms. The van der Waals surface area contributed by atoms with Gasteiger partial charge in [-0.2, -0.15) is 4.98 Å². The van der Waals surface area contributed by atoms with Gasteiger partial charge in [0.2, 0.25) is 5.88 Å². The molecular formula is C9H7IN4O2. The molecule has 0 unspecified atom stereocenters. The predicted molar refractivity (Wildman–Crippen MR) is 65.0 cm³/mol. The van der Waals surface area contributed by atoms with Crippen molar-refractivity contribution in [2.45, 2.75) is 6.92 Å². The highest BCUT2D eigenvalue weighted by atomic mass is 127. The summed E-state index contributed by atoms with van der Waals surface area (Å²) >= 11 is 1.72. The molecule has 0 aliphatic rings. The van der Waals surface area contributed by atoms with Gasteiger partial charge >= 0.3 is 0 Å². The molecule has 0 fully saturated rings. The highest BCUT2D eigenvalue weighted by Crippen LogP contribution is 2.16. The lowest BCUT2D eigenvalue weighted by atomic mass is 10.3. The molecule has 0 aromatic carbocycles. The molecule has 0 radical (unpaired) electrons. The van der Waals surface area contributed by atoms with Gasteiger partial charge < -0.3 is 10.1 Å². The molecule has 0 saturated heterocycles. The molecule has 2 N–H and O–H groups in total. The maximum Gasteiger partial charge on any atom is 0.268 e. The maximum absolute atomic E-state index is 11.4. The van der Waals surface area contributed by atoms with Crippen LogP contribution in [0.4, 0.5) is 0 Å². The van der Waals surface area contributed by atoms with Gasteiger partial charge in [-0.15, -0.1) is 0 Å². The second-order valence-corrected chi connectivity index (χ2v) is 4.12. The van der Waals surface area contributed by atoms with Crippen molar-refractivity contribution < 1.29 is 5.11 Å². The first kappa shape index (κ1) is 11.0. The van der Waals surface area contributed by atoms with E-state index in [1.807, 2.05) is 0 Å². The lowest BCUT2D eigenvalue weighted by molar-refractivity contribution is 0.447. The molecular weight excluding hydrogens is 323 g/mol. The van der Waals surface area contributed by atoms with E-state index in [9.17, 15) is 9.90 Å². The lowest BCUT2D eigenvalue weighted by Gasteiger charge is -2.02. The van der Waals surface area contributed by atoms with Gasteiger partial charge in [-0.05, 0) is 35.6 Å². The van der Waals surface area contributed by atoms with Crippen LogP contribution in [0.3, 0.4) is 0 Å². The van der Waals surface area contributed by atoms with Crippen LogP contribution in [0.15, 0.2) is 17.1 Å². The number of aromatic nitrogens is 4. The second-order valence-electron chi connectivity index (χ2n) is 3.04. The molecule has 0 atom stereocenters. The van der Waals surface area contributed by atoms with Crippen LogP contribution in [0.25, 0.3) is 11.5 Å². The van der Waals surface area contributed by atoms with Gasteiger partial charge in [0.1, 0.15) is 15.1 Å². The van der Waals surface area contributed by atoms with E-state index < -0.39 is 0 Å². The molecule has 0 bridgehead atoms. The van der Waals surface area contributed by atoms with Crippen LogP contribution in [0.2, 0.25) is 0 Å². The Kier molecular flexibility index (Phi) is 2.86. The van der Waals surface area contributed by atoms with Gasteiger partial charge in [0, 0.05) is 6.20 Å². The summed E-state index contributed by atoms with van der Waals surface area (Å²) in [6.45, 7) is 1.73. The first-order valence-electron chi connectivity index (χ1n) is 4.36. The van der Waals surface area contributed by atoms with Crippen LogP contribution in [0, 0.1) is 10.5 Å². The van der Waals surface area contributed by atoms with Crippen molar-refractivity contribution in [2.75, 3.05) is 0 Å². The van der Waals surface area contributed by atoms with Gasteiger partial charge in [0.25, 0.3) is 5.56 Å². The Bertz CT molecular complexity index is 596. The highest BCUT2D eigenvalue weighted by Gasteiger charge is 2.09. The SMILES string of the molecule is Cc1nccc(-c2nc(O)c(I)c(=O)[nH]2)n1. The zero-order valence-electron chi connectivity index (χ0n) is 8.23. The summed E-state index contributed by atoms with van der Waals surface area (Å²) in [4.78, 5) is 25.8. The van der Waals surface area contributed by atoms with Crippen LogP contribution in [-0.2, 0) is 0 Å². The smallest absolute Gasteiger partial charge is 0.268 e. The quantitative estimate of drug-likeness (QED) is 0.756. The fourth-order valence-corrected chi connectivity index (χ4v) is 1.41. The van der Waals surface area contributed by atoms with Crippen LogP contribution in [0.5, 0.6) is 5.88 Å². The predicted octanol–water partition coefficient (Wildman–Crippen LogP) is 0.846. The molecule has 0 aliphatic carbocycles. The number of aromatic hydroxyl groups is 1. The second kappa shape index (κ2) is 4.16. The topological polar surface area (TPSA) is 91.8 Å². The van der Waals surface area contributed by atoms with Crippen molar-refractivity contribution in [1.82, 2.24) is 19.9 Å². The van der Waals surface area contributed by atoms with Crippen molar-refractivity contribution in [3.63, 3.8) is 0 Å². The first-order chi connectivity index (χ1) is 7.58. The van der Waals surface area contributed by atoms with E-state index >= 15 is 0 Å². The number of nitrogens with one attached hydrogen (secondary N) is 1. The van der Waals surface area contributed by atoms with Crippen molar-refractivity contribution in [2.24, 2.45) is 0 Å². The molecule has 0 spiro atoms. The van der Waals surface area contributed by atoms with Crippen molar-refractivity contribution in [1.29, 1.82) is 0 Å². The Morgan fingerprint density at radius 1 is 1.44 bits per heavy atom. The Hall–Kier alpha value is -1.51. The number of nitrogens with zero attached hydrogens (tertiary/aromatic N) is 3. The minimum Gasteiger partial charge on any atom is -0.492 e. The van der Waals surface area contributed by atoms with Crippen LogP contribution in [0.1, 0.15) is 5.82 Å². The van der Waals surface area contributed by atoms with Crippen LogP contribution in [-0.4, -0.2) is 25.0 Å². The number of hydrogen-bond donors (Lipinski definition) is 2. The fraction of sp³-hybridized carbons (Fsp3) is 0.111. The van der Waals surface area contributed by atoms with E-state index in [1.54, 1.807) is 41.8 Å². The van der Waals surface area contributed by atoms with Crippen LogP contribution < -0.4 is 5.56 Å². The standard InChI is InChI=1S/C9H7IN4O2/c1-4-11-3-2-5(12-4)7-13-8(15)6(10)9(16)14-7/h2-3H,1H3,(H2,13,14,15,16). The fourth-order valence-electron chi connectivity index (χ4n) is 1.16. The molecule has 2 aromatic heterocycles. The third-order valence-corrected chi connectivity index (χ3v) is 2.84. The molecule has 82 valence electrons. The number of rotatable bonds is 1. The van der Waals surface area contributed by atoms with E-state index in [0.717, 1.165) is 0 Å². The first-order valence-corrected chi connectivity index (χ1v) is 5.44. The average Bonchev–Trinajstić information content (AvgIpc) is 2.25. The summed E-state index contributed by atoms with van der Waals surface area (Å²) in [6.07, 6.45) is 1.56. The monoisotopic (exact) mass is 330 g/mol. The molecule has 2 heterocycles. The van der Waals surface area contributed by atoms with E-state index in [-0.39, 0.29) is 20.8 Å². The summed E-state index contributed by atoms with van der Waals surface area (Å²) in [7, 11) is 0. The molecule has 0 saturated carbocycles. The lowest BCUT2D eigenvalue weighted by Crippen LogP contribution is -2.12. The summed E-state index contributed by atoms with van der Waals surface area (Å²) in [5.41, 5.74) is 0.0793. The number of hydrogen-bond acceptors (Lipinski definition) is 5. The number of aryl methyl sites for hydroxylation is 1. The molecule has 0 amide bonds. The Labute approximate surface area is 104 Å². The third-order valence-electron chi connectivity index (χ3n) is 1.86. The summed E-state index contributed by atoms with van der Waals surface area (Å²) in [5, 5.41) is 9.43. The number of halogens is 1. The highest BCUT2D eigenvalue weighted by molar-refractivity contribution is 14.1. The number of aromatic amines is 1. The van der Waals surface area contributed by atoms with Crippen molar-refractivity contribution in [3.05, 3.63) is 32.0 Å². The molecule has 2 aromatic rings. The largest absolute Gasteiger partial charge is 0.492 e. The van der Waals surface area contributed by atoms with Gasteiger partial charge in [0.15, 0.2) is 5.82 Å². The maximum atomic E-state index is 11.4. The van der Waals surface area contributed by atoms with Gasteiger partial charge in [-0.25, -0.2) is 9.97 Å². The van der Waals surface area contributed by atoms with E-state index in [1.165, 1.54) is 0 Å². The molecule has 6 nitrogen and oxygen atoms in total. The van der Waals surface area contributed by atoms with Gasteiger partial charge in [0.05, 0.1) is 0 Å². The van der Waals surface area contributed by atoms with Crippen molar-refractivity contribution >= 4 is 22.6 Å². The third kappa shape index (κ3) is 2.03. The van der Waals surface area contributed by atoms with Crippen molar-refractivity contribution in [3.8, 4) is 17.4 Å². The minimum atomic E-state index is -0.389. The van der Waals surface area contributed by atoms with Gasteiger partial charge in [-0.3, -0.25) is 4.79 Å². The Morgan fingerprint density at radius 2 is 2.19 bits per heavy atom. The summed E-state index contributed by atoms with van der Waals surface area (Å²) < 4.78 is 0.159. The summed E-state index contributed by atoms with van der Waals surface area (Å²) in [5.74, 6) is 0.502. The zero-order valence-corrected chi connectivity index (χ0v) is 10.4. The Morgan fingerprint density at radius 3 is 2.81 bits per heavy atom. The zero-order chi connectivity index (χ0) is 11.7. The molecule has 2 rings (SSSR count). The van der Waals surface area contributed by atoms with Gasteiger partial charge in [-0.1, -0.05) is 0 Å². The Balaban J connectivity index is 2.61. The molecule has 7 heteroatoms. The van der Waals surface area contributed by atoms with Crippen LogP contribution >= 0.6 is 22.6 Å². The van der Waals surface area contributed by atoms with E-state index in [4.69, 9.17) is 0 Å². The van der Waals surface area contributed by atoms with E-state index in [2.05, 4.69) is 19.9 Å². The van der Waals surface area contributed by atoms with E-state index in [0.29, 0.717) is 11.5 Å². The minimum absolute atomic E-state index is 0.159. The normalized spacial score (nSPS) is 10.4. The average molecular weight is 330 g/mol. The number of H-pyrrole nitrogens is 1. The molecule has 0 aliphatic heterocycles.